The lowest BCUT2D eigenvalue weighted by molar-refractivity contribution is -0.122. The van der Waals surface area contributed by atoms with E-state index in [0.717, 1.165) is 10.5 Å². The third-order valence-corrected chi connectivity index (χ3v) is 5.34. The van der Waals surface area contributed by atoms with Crippen LogP contribution in [0.1, 0.15) is 22.3 Å². The second kappa shape index (κ2) is 8.77. The van der Waals surface area contributed by atoms with Crippen molar-refractivity contribution in [2.24, 2.45) is 0 Å². The number of anilines is 1. The van der Waals surface area contributed by atoms with Gasteiger partial charge in [0.15, 0.2) is 0 Å². The van der Waals surface area contributed by atoms with Crippen molar-refractivity contribution in [2.45, 2.75) is 13.3 Å². The number of benzene rings is 3. The molecule has 5 nitrogen and oxygen atoms in total. The highest BCUT2D eigenvalue weighted by Gasteiger charge is 2.37. The molecule has 0 bridgehead atoms. The minimum absolute atomic E-state index is 0.219. The number of imide groups is 2. The molecular formula is C25H18ClFN2O3. The van der Waals surface area contributed by atoms with Crippen LogP contribution < -0.4 is 10.2 Å². The van der Waals surface area contributed by atoms with Gasteiger partial charge in [0.1, 0.15) is 11.4 Å². The fourth-order valence-corrected chi connectivity index (χ4v) is 3.70. The Hall–Kier alpha value is -3.77. The molecule has 1 aliphatic heterocycles. The molecule has 3 aromatic rings. The van der Waals surface area contributed by atoms with Gasteiger partial charge in [0, 0.05) is 11.4 Å². The third-order valence-electron chi connectivity index (χ3n) is 5.11. The number of carbonyl (C=O) groups excluding carboxylic acids is 3. The first-order valence-corrected chi connectivity index (χ1v) is 10.2. The van der Waals surface area contributed by atoms with Crippen LogP contribution in [0.4, 0.5) is 14.9 Å². The van der Waals surface area contributed by atoms with Gasteiger partial charge in [-0.1, -0.05) is 48.0 Å². The highest BCUT2D eigenvalue weighted by atomic mass is 35.5. The predicted molar refractivity (Wildman–Crippen MR) is 121 cm³/mol. The smallest absolute Gasteiger partial charge is 0.273 e. The minimum Gasteiger partial charge on any atom is -0.273 e. The normalized spacial score (nSPS) is 15.3. The van der Waals surface area contributed by atoms with E-state index in [4.69, 9.17) is 11.6 Å². The third kappa shape index (κ3) is 4.31. The molecule has 1 fully saturated rings. The summed E-state index contributed by atoms with van der Waals surface area (Å²) in [6.45, 7) is 1.83. The van der Waals surface area contributed by atoms with Gasteiger partial charge in [-0.15, -0.1) is 0 Å². The largest absolute Gasteiger partial charge is 0.335 e. The van der Waals surface area contributed by atoms with Crippen LogP contribution in [0.15, 0.2) is 72.3 Å². The van der Waals surface area contributed by atoms with Gasteiger partial charge in [-0.2, -0.15) is 0 Å². The Morgan fingerprint density at radius 2 is 1.75 bits per heavy atom. The second-order valence-electron chi connectivity index (χ2n) is 7.41. The summed E-state index contributed by atoms with van der Waals surface area (Å²) < 4.78 is 14.2. The van der Waals surface area contributed by atoms with Gasteiger partial charge in [0.25, 0.3) is 11.8 Å². The van der Waals surface area contributed by atoms with Gasteiger partial charge in [-0.05, 0) is 65.6 Å². The zero-order valence-corrected chi connectivity index (χ0v) is 17.8. The van der Waals surface area contributed by atoms with Gasteiger partial charge < -0.3 is 0 Å². The monoisotopic (exact) mass is 448 g/mol. The van der Waals surface area contributed by atoms with E-state index in [0.29, 0.717) is 27.4 Å². The molecule has 1 N–H and O–H groups in total. The minimum atomic E-state index is -0.819. The maximum atomic E-state index is 14.2. The number of nitrogens with zero attached hydrogens (tertiary/aromatic N) is 1. The van der Waals surface area contributed by atoms with Crippen molar-refractivity contribution in [2.75, 3.05) is 4.90 Å². The quantitative estimate of drug-likeness (QED) is 0.449. The number of halogens is 2. The summed E-state index contributed by atoms with van der Waals surface area (Å²) in [5.74, 6) is -1.91. The number of nitrogens with one attached hydrogen (secondary N) is 1. The highest BCUT2D eigenvalue weighted by Crippen LogP contribution is 2.26. The molecule has 3 aromatic carbocycles. The molecular weight excluding hydrogens is 431 g/mol. The van der Waals surface area contributed by atoms with Gasteiger partial charge >= 0.3 is 6.03 Å². The number of aryl methyl sites for hydroxylation is 1. The lowest BCUT2D eigenvalue weighted by Gasteiger charge is -2.26. The molecule has 1 heterocycles. The van der Waals surface area contributed by atoms with E-state index < -0.39 is 17.8 Å². The maximum absolute atomic E-state index is 14.2. The van der Waals surface area contributed by atoms with Crippen LogP contribution in [0, 0.1) is 12.7 Å². The van der Waals surface area contributed by atoms with Crippen LogP contribution in [-0.4, -0.2) is 17.8 Å². The summed E-state index contributed by atoms with van der Waals surface area (Å²) in [5, 5.41) is 2.60. The van der Waals surface area contributed by atoms with E-state index in [1.807, 2.05) is 13.0 Å². The number of amides is 4. The maximum Gasteiger partial charge on any atom is 0.335 e. The Kier molecular flexibility index (Phi) is 5.88. The van der Waals surface area contributed by atoms with Crippen molar-refractivity contribution < 1.29 is 18.8 Å². The molecule has 0 aromatic heterocycles. The van der Waals surface area contributed by atoms with Crippen LogP contribution in [0.2, 0.25) is 5.02 Å². The Labute approximate surface area is 189 Å². The van der Waals surface area contributed by atoms with E-state index >= 15 is 0 Å². The Morgan fingerprint density at radius 3 is 2.50 bits per heavy atom. The number of urea groups is 1. The van der Waals surface area contributed by atoms with Gasteiger partial charge in [-0.25, -0.2) is 14.1 Å². The lowest BCUT2D eigenvalue weighted by atomic mass is 9.97. The van der Waals surface area contributed by atoms with Gasteiger partial charge in [-0.3, -0.25) is 14.9 Å². The van der Waals surface area contributed by atoms with Crippen LogP contribution in [0.25, 0.3) is 6.08 Å². The molecule has 0 atom stereocenters. The molecule has 1 aliphatic rings. The lowest BCUT2D eigenvalue weighted by Crippen LogP contribution is -2.54. The summed E-state index contributed by atoms with van der Waals surface area (Å²) in [4.78, 5) is 39.0. The Balaban J connectivity index is 1.76. The van der Waals surface area contributed by atoms with Crippen molar-refractivity contribution >= 4 is 41.2 Å². The fourth-order valence-electron chi connectivity index (χ4n) is 3.52. The molecule has 0 spiro atoms. The van der Waals surface area contributed by atoms with E-state index in [1.54, 1.807) is 54.6 Å². The average Bonchev–Trinajstić information content (AvgIpc) is 2.74. The van der Waals surface area contributed by atoms with E-state index in [1.165, 1.54) is 12.1 Å². The number of barbiturate groups is 1. The standard InChI is InChI=1S/C25H18ClFN2O3/c1-15-5-4-7-20(11-15)29-24(31)21(23(30)28-25(29)32)14-18-13-19(26)10-9-16(18)12-17-6-2-3-8-22(17)27/h2-11,13-14H,12H2,1H3,(H,28,30,32)/b21-14+. The first kappa shape index (κ1) is 21.5. The average molecular weight is 449 g/mol. The van der Waals surface area contributed by atoms with Crippen molar-refractivity contribution in [3.05, 3.63) is 105 Å². The van der Waals surface area contributed by atoms with Crippen LogP contribution in [-0.2, 0) is 16.0 Å². The molecule has 4 amide bonds. The van der Waals surface area contributed by atoms with Crippen molar-refractivity contribution in [3.63, 3.8) is 0 Å². The van der Waals surface area contributed by atoms with Crippen LogP contribution in [0.3, 0.4) is 0 Å². The summed E-state index contributed by atoms with van der Waals surface area (Å²) in [6, 6.07) is 17.4. The number of hydrogen-bond acceptors (Lipinski definition) is 3. The number of hydrogen-bond donors (Lipinski definition) is 1. The fraction of sp³-hybridized carbons (Fsp3) is 0.0800. The zero-order chi connectivity index (χ0) is 22.8. The molecule has 1 saturated heterocycles. The molecule has 7 heteroatoms. The molecule has 0 saturated carbocycles. The van der Waals surface area contributed by atoms with Gasteiger partial charge in [0.2, 0.25) is 0 Å². The van der Waals surface area contributed by atoms with E-state index in [-0.39, 0.29) is 17.8 Å². The second-order valence-corrected chi connectivity index (χ2v) is 7.84. The van der Waals surface area contributed by atoms with Crippen LogP contribution in [0.5, 0.6) is 0 Å². The van der Waals surface area contributed by atoms with Crippen LogP contribution >= 0.6 is 11.6 Å². The molecule has 4 rings (SSSR count). The molecule has 0 unspecified atom stereocenters. The summed E-state index contributed by atoms with van der Waals surface area (Å²) in [5.41, 5.74) is 2.61. The molecule has 0 aliphatic carbocycles. The van der Waals surface area contributed by atoms with Crippen molar-refractivity contribution in [1.29, 1.82) is 0 Å². The number of carbonyl (C=O) groups is 3. The Morgan fingerprint density at radius 1 is 0.969 bits per heavy atom. The predicted octanol–water partition coefficient (Wildman–Crippen LogP) is 5.04. The van der Waals surface area contributed by atoms with Gasteiger partial charge in [0.05, 0.1) is 5.69 Å². The molecule has 0 radical (unpaired) electrons. The van der Waals surface area contributed by atoms with E-state index in [2.05, 4.69) is 5.32 Å². The first-order valence-electron chi connectivity index (χ1n) is 9.83. The molecule has 32 heavy (non-hydrogen) atoms. The zero-order valence-electron chi connectivity index (χ0n) is 17.1. The highest BCUT2D eigenvalue weighted by molar-refractivity contribution is 6.39. The van der Waals surface area contributed by atoms with Crippen molar-refractivity contribution in [1.82, 2.24) is 5.32 Å². The first-order chi connectivity index (χ1) is 15.3. The summed E-state index contributed by atoms with van der Waals surface area (Å²) >= 11 is 6.15. The number of rotatable bonds is 4. The SMILES string of the molecule is Cc1cccc(N2C(=O)NC(=O)/C(=C\c3cc(Cl)ccc3Cc3ccccc3F)C2=O)c1. The summed E-state index contributed by atoms with van der Waals surface area (Å²) in [6.07, 6.45) is 1.62. The van der Waals surface area contributed by atoms with Crippen molar-refractivity contribution in [3.8, 4) is 0 Å². The summed E-state index contributed by atoms with van der Waals surface area (Å²) in [7, 11) is 0. The molecule has 160 valence electrons. The topological polar surface area (TPSA) is 66.5 Å². The Bertz CT molecular complexity index is 1290. The van der Waals surface area contributed by atoms with E-state index in [9.17, 15) is 18.8 Å².